The van der Waals surface area contributed by atoms with Crippen molar-refractivity contribution < 1.29 is 24.2 Å². The van der Waals surface area contributed by atoms with Gasteiger partial charge in [-0.15, -0.1) is 0 Å². The first kappa shape index (κ1) is 21.4. The normalized spacial score (nSPS) is 12.6. The number of aliphatic carboxylic acids is 1. The maximum absolute atomic E-state index is 12.4. The van der Waals surface area contributed by atoms with E-state index in [0.717, 1.165) is 5.56 Å². The van der Waals surface area contributed by atoms with Crippen LogP contribution in [0.1, 0.15) is 32.8 Å². The molecule has 1 atom stereocenters. The number of esters is 1. The summed E-state index contributed by atoms with van der Waals surface area (Å²) in [6.07, 6.45) is 1.04. The van der Waals surface area contributed by atoms with Crippen LogP contribution in [0.3, 0.4) is 0 Å². The van der Waals surface area contributed by atoms with Gasteiger partial charge in [-0.25, -0.2) is 4.79 Å². The fourth-order valence-corrected chi connectivity index (χ4v) is 2.33. The number of carbonyl (C=O) groups is 2. The highest BCUT2D eigenvalue weighted by Gasteiger charge is 2.25. The molecule has 1 unspecified atom stereocenters. The number of halogens is 1. The summed E-state index contributed by atoms with van der Waals surface area (Å²) in [5.74, 6) is -1.33. The predicted octanol–water partition coefficient (Wildman–Crippen LogP) is 2.67. The molecule has 0 amide bonds. The van der Waals surface area contributed by atoms with Crippen LogP contribution in [0.4, 0.5) is 0 Å². The van der Waals surface area contributed by atoms with E-state index in [-0.39, 0.29) is 12.6 Å². The molecule has 1 aromatic rings. The van der Waals surface area contributed by atoms with Gasteiger partial charge < -0.3 is 19.9 Å². The van der Waals surface area contributed by atoms with Gasteiger partial charge in [0.05, 0.1) is 0 Å². The smallest absolute Gasteiger partial charge is 0.329 e. The lowest BCUT2D eigenvalue weighted by molar-refractivity contribution is -0.157. The quantitative estimate of drug-likeness (QED) is 0.486. The molecule has 25 heavy (non-hydrogen) atoms. The monoisotopic (exact) mass is 371 g/mol. The molecule has 0 spiro atoms. The highest BCUT2D eigenvalue weighted by molar-refractivity contribution is 6.30. The molecular weight excluding hydrogens is 346 g/mol. The Bertz CT molecular complexity index is 571. The zero-order valence-electron chi connectivity index (χ0n) is 14.9. The highest BCUT2D eigenvalue weighted by atomic mass is 35.5. The van der Waals surface area contributed by atoms with Crippen LogP contribution in [0.25, 0.3) is 0 Å². The lowest BCUT2D eigenvalue weighted by atomic mass is 10.1. The number of nitrogens with one attached hydrogen (secondary N) is 1. The van der Waals surface area contributed by atoms with E-state index in [0.29, 0.717) is 31.0 Å². The van der Waals surface area contributed by atoms with E-state index in [1.54, 1.807) is 6.07 Å². The first-order chi connectivity index (χ1) is 11.7. The number of rotatable bonds is 10. The van der Waals surface area contributed by atoms with Gasteiger partial charge >= 0.3 is 11.9 Å². The summed E-state index contributed by atoms with van der Waals surface area (Å²) >= 11 is 6.00. The van der Waals surface area contributed by atoms with Crippen LogP contribution in [0, 0.1) is 0 Å². The molecule has 6 nitrogen and oxygen atoms in total. The molecule has 0 aliphatic heterocycles. The first-order valence-corrected chi connectivity index (χ1v) is 8.55. The molecule has 1 rings (SSSR count). The van der Waals surface area contributed by atoms with Crippen molar-refractivity contribution in [2.45, 2.75) is 45.3 Å². The highest BCUT2D eigenvalue weighted by Crippen LogP contribution is 2.15. The van der Waals surface area contributed by atoms with E-state index >= 15 is 0 Å². The van der Waals surface area contributed by atoms with Crippen molar-refractivity contribution in [3.63, 3.8) is 0 Å². The molecule has 0 heterocycles. The van der Waals surface area contributed by atoms with Crippen LogP contribution in [0.15, 0.2) is 24.3 Å². The van der Waals surface area contributed by atoms with Crippen molar-refractivity contribution >= 4 is 23.5 Å². The molecular formula is C18H26ClNO5. The second-order valence-corrected chi connectivity index (χ2v) is 7.11. The Balaban J connectivity index is 2.58. The van der Waals surface area contributed by atoms with Gasteiger partial charge in [-0.3, -0.25) is 4.79 Å². The Morgan fingerprint density at radius 2 is 2.04 bits per heavy atom. The third-order valence-electron chi connectivity index (χ3n) is 3.10. The Labute approximate surface area is 153 Å². The number of carboxylic acids is 1. The Hall–Kier alpha value is -1.63. The standard InChI is InChI=1S/C18H26ClNO5/c1-18(2,3)25-17(23)15(11-13-6-4-7-14(19)10-13)20-8-5-9-24-12-16(21)22/h4,6-7,10,15,20H,5,8-9,11-12H2,1-3H3,(H,21,22). The average Bonchev–Trinajstić information content (AvgIpc) is 2.47. The number of benzene rings is 1. The minimum absolute atomic E-state index is 0.303. The third kappa shape index (κ3) is 10.1. The van der Waals surface area contributed by atoms with Crippen LogP contribution < -0.4 is 5.32 Å². The van der Waals surface area contributed by atoms with E-state index < -0.39 is 17.6 Å². The summed E-state index contributed by atoms with van der Waals surface area (Å²) in [6, 6.07) is 6.82. The Morgan fingerprint density at radius 1 is 1.32 bits per heavy atom. The van der Waals surface area contributed by atoms with E-state index in [2.05, 4.69) is 5.32 Å². The molecule has 2 N–H and O–H groups in total. The third-order valence-corrected chi connectivity index (χ3v) is 3.34. The van der Waals surface area contributed by atoms with Gasteiger partial charge in [0, 0.05) is 11.6 Å². The molecule has 0 aliphatic carbocycles. The van der Waals surface area contributed by atoms with Gasteiger partial charge in [-0.05, 0) is 57.9 Å². The Kier molecular flexibility index (Phi) is 8.89. The van der Waals surface area contributed by atoms with E-state index in [1.165, 1.54) is 0 Å². The van der Waals surface area contributed by atoms with Crippen LogP contribution in [-0.2, 0) is 25.5 Å². The first-order valence-electron chi connectivity index (χ1n) is 8.17. The maximum atomic E-state index is 12.4. The topological polar surface area (TPSA) is 84.9 Å². The zero-order valence-corrected chi connectivity index (χ0v) is 15.6. The van der Waals surface area contributed by atoms with Crippen LogP contribution in [0.2, 0.25) is 5.02 Å². The molecule has 0 fully saturated rings. The van der Waals surface area contributed by atoms with Crippen molar-refractivity contribution in [1.29, 1.82) is 0 Å². The number of hydrogen-bond acceptors (Lipinski definition) is 5. The summed E-state index contributed by atoms with van der Waals surface area (Å²) in [6.45, 7) is 5.95. The lowest BCUT2D eigenvalue weighted by Gasteiger charge is -2.25. The minimum Gasteiger partial charge on any atom is -0.480 e. The van der Waals surface area contributed by atoms with Crippen molar-refractivity contribution in [3.8, 4) is 0 Å². The molecule has 0 saturated heterocycles. The van der Waals surface area contributed by atoms with Gasteiger partial charge in [0.25, 0.3) is 0 Å². The minimum atomic E-state index is -0.999. The molecule has 7 heteroatoms. The summed E-state index contributed by atoms with van der Waals surface area (Å²) < 4.78 is 10.4. The van der Waals surface area contributed by atoms with Gasteiger partial charge in [0.1, 0.15) is 18.2 Å². The van der Waals surface area contributed by atoms with Crippen LogP contribution in [0.5, 0.6) is 0 Å². The van der Waals surface area contributed by atoms with E-state index in [1.807, 2.05) is 39.0 Å². The van der Waals surface area contributed by atoms with Gasteiger partial charge in [-0.2, -0.15) is 0 Å². The fraction of sp³-hybridized carbons (Fsp3) is 0.556. The summed E-state index contributed by atoms with van der Waals surface area (Å²) in [5.41, 5.74) is 0.355. The average molecular weight is 372 g/mol. The summed E-state index contributed by atoms with van der Waals surface area (Å²) in [4.78, 5) is 22.8. The van der Waals surface area contributed by atoms with Gasteiger partial charge in [-0.1, -0.05) is 23.7 Å². The lowest BCUT2D eigenvalue weighted by Crippen LogP contribution is -2.43. The van der Waals surface area contributed by atoms with Crippen LogP contribution in [-0.4, -0.2) is 48.4 Å². The molecule has 0 radical (unpaired) electrons. The van der Waals surface area contributed by atoms with E-state index in [4.69, 9.17) is 26.2 Å². The van der Waals surface area contributed by atoms with Crippen molar-refractivity contribution in [2.75, 3.05) is 19.8 Å². The molecule has 140 valence electrons. The second kappa shape index (κ2) is 10.4. The molecule has 0 bridgehead atoms. The van der Waals surface area contributed by atoms with Crippen molar-refractivity contribution in [2.24, 2.45) is 0 Å². The van der Waals surface area contributed by atoms with Crippen molar-refractivity contribution in [1.82, 2.24) is 5.32 Å². The molecule has 0 aromatic heterocycles. The predicted molar refractivity (Wildman–Crippen MR) is 95.9 cm³/mol. The molecule has 1 aromatic carbocycles. The number of hydrogen-bond donors (Lipinski definition) is 2. The number of carbonyl (C=O) groups excluding carboxylic acids is 1. The largest absolute Gasteiger partial charge is 0.480 e. The molecule has 0 aliphatic rings. The SMILES string of the molecule is CC(C)(C)OC(=O)C(Cc1cccc(Cl)c1)NCCCOCC(=O)O. The second-order valence-electron chi connectivity index (χ2n) is 6.67. The van der Waals surface area contributed by atoms with Crippen LogP contribution >= 0.6 is 11.6 Å². The van der Waals surface area contributed by atoms with Crippen molar-refractivity contribution in [3.05, 3.63) is 34.9 Å². The van der Waals surface area contributed by atoms with Gasteiger partial charge in [0.15, 0.2) is 0 Å². The Morgan fingerprint density at radius 3 is 2.64 bits per heavy atom. The van der Waals surface area contributed by atoms with Gasteiger partial charge in [0.2, 0.25) is 0 Å². The maximum Gasteiger partial charge on any atom is 0.329 e. The number of ether oxygens (including phenoxy) is 2. The fourth-order valence-electron chi connectivity index (χ4n) is 2.12. The number of carboxylic acid groups (broad SMARTS) is 1. The summed E-state index contributed by atoms with van der Waals surface area (Å²) in [7, 11) is 0. The summed E-state index contributed by atoms with van der Waals surface area (Å²) in [5, 5.41) is 12.3. The van der Waals surface area contributed by atoms with E-state index in [9.17, 15) is 9.59 Å². The molecule has 0 saturated carbocycles. The zero-order chi connectivity index (χ0) is 18.9.